The van der Waals surface area contributed by atoms with Crippen molar-refractivity contribution in [3.05, 3.63) is 194 Å². The van der Waals surface area contributed by atoms with Gasteiger partial charge in [0.25, 0.3) is 0 Å². The zero-order valence-corrected chi connectivity index (χ0v) is 39.4. The van der Waals surface area contributed by atoms with Crippen LogP contribution in [0.4, 0.5) is 46.5 Å². The van der Waals surface area contributed by atoms with Crippen molar-refractivity contribution in [1.29, 1.82) is 0 Å². The third kappa shape index (κ3) is 7.51. The number of fused-ring (bicyclic) bond motifs is 20. The van der Waals surface area contributed by atoms with Crippen LogP contribution >= 0.6 is 47.0 Å². The van der Waals surface area contributed by atoms with E-state index in [9.17, 15) is 0 Å². The van der Waals surface area contributed by atoms with E-state index in [4.69, 9.17) is 0 Å². The highest BCUT2D eigenvalue weighted by Gasteiger charge is 2.25. The van der Waals surface area contributed by atoms with Crippen molar-refractivity contribution in [3.63, 3.8) is 0 Å². The number of hydrogen-bond donors (Lipinski definition) is 8. The van der Waals surface area contributed by atoms with Crippen LogP contribution in [-0.2, 0) is 0 Å². The summed E-state index contributed by atoms with van der Waals surface area (Å²) in [6.45, 7) is 0. The van der Waals surface area contributed by atoms with Gasteiger partial charge in [-0.05, 0) is 72.8 Å². The lowest BCUT2D eigenvalue weighted by Gasteiger charge is -2.09. The van der Waals surface area contributed by atoms with Gasteiger partial charge in [0.2, 0.25) is 0 Å². The van der Waals surface area contributed by atoms with Gasteiger partial charge < -0.3 is 41.2 Å². The quantitative estimate of drug-likeness (QED) is 0.0761. The van der Waals surface area contributed by atoms with E-state index in [0.717, 1.165) is 129 Å². The molecule has 0 unspecified atom stereocenters. The van der Waals surface area contributed by atoms with Gasteiger partial charge in [-0.2, -0.15) is 0 Å². The summed E-state index contributed by atoms with van der Waals surface area (Å²) >= 11 is 7.03. The van der Waals surface area contributed by atoms with Crippen LogP contribution in [0.5, 0.6) is 0 Å². The summed E-state index contributed by atoms with van der Waals surface area (Å²) in [4.78, 5) is 24.6. The van der Waals surface area contributed by atoms with Gasteiger partial charge in [-0.15, -0.1) is 0 Å². The Kier molecular flexibility index (Phi) is 10.4. The lowest BCUT2D eigenvalue weighted by molar-refractivity contribution is 1.27. The van der Waals surface area contributed by atoms with Gasteiger partial charge in [0.15, 0.2) is 0 Å². The molecule has 12 heteroatoms. The Hall–Kier alpha value is -7.48. The molecule has 4 aromatic heterocycles. The van der Waals surface area contributed by atoms with Gasteiger partial charge in [0.1, 0.15) is 46.5 Å². The van der Waals surface area contributed by atoms with Crippen molar-refractivity contribution in [2.75, 3.05) is 21.3 Å². The summed E-state index contributed by atoms with van der Waals surface area (Å²) in [6, 6.07) is 68.5. The van der Waals surface area contributed by atoms with Crippen molar-refractivity contribution >= 4 is 137 Å². The average Bonchev–Trinajstić information content (AvgIpc) is 4.12. The number of aromatic amines is 4. The van der Waals surface area contributed by atoms with E-state index in [1.54, 1.807) is 47.0 Å². The summed E-state index contributed by atoms with van der Waals surface area (Å²) in [7, 11) is 0. The van der Waals surface area contributed by atoms with E-state index in [1.807, 2.05) is 0 Å². The predicted molar refractivity (Wildman–Crippen MR) is 289 cm³/mol. The molecule has 0 spiro atoms. The maximum atomic E-state index is 3.93. The van der Waals surface area contributed by atoms with Crippen LogP contribution in [0.1, 0.15) is 0 Å². The van der Waals surface area contributed by atoms with Crippen molar-refractivity contribution in [2.24, 2.45) is 0 Å². The summed E-state index contributed by atoms with van der Waals surface area (Å²) in [5, 5.41) is 24.3. The van der Waals surface area contributed by atoms with Crippen LogP contribution in [-0.4, -0.2) is 19.9 Å². The van der Waals surface area contributed by atoms with Crippen LogP contribution < -0.4 is 21.3 Å². The van der Waals surface area contributed by atoms with Crippen molar-refractivity contribution in [3.8, 4) is 0 Å². The lowest BCUT2D eigenvalue weighted by Crippen LogP contribution is -1.97. The van der Waals surface area contributed by atoms with Crippen molar-refractivity contribution < 1.29 is 0 Å². The molecular formula is C56H40N8S4. The molecule has 1 aliphatic heterocycles. The zero-order chi connectivity index (χ0) is 45.0. The molecule has 8 bridgehead atoms. The number of benzene rings is 8. The minimum absolute atomic E-state index is 0.864. The first-order valence-corrected chi connectivity index (χ1v) is 25.5. The minimum Gasteiger partial charge on any atom is -0.327 e. The number of aromatic nitrogens is 4. The monoisotopic (exact) mass is 952 g/mol. The Morgan fingerprint density at radius 2 is 0.426 bits per heavy atom. The van der Waals surface area contributed by atoms with E-state index >= 15 is 0 Å². The second-order valence-electron chi connectivity index (χ2n) is 16.4. The van der Waals surface area contributed by atoms with Crippen molar-refractivity contribution in [2.45, 2.75) is 39.2 Å². The lowest BCUT2D eigenvalue weighted by atomic mass is 10.1. The van der Waals surface area contributed by atoms with Gasteiger partial charge >= 0.3 is 0 Å². The van der Waals surface area contributed by atoms with Gasteiger partial charge in [-0.1, -0.05) is 168 Å². The normalized spacial score (nSPS) is 12.2. The standard InChI is InChI=1S/C56H40N8S4/c1-5-17-33(18-6-1)65-41-29-13-25-37-45(41)53-57-49(37)62-54-47-39(27-15-31-43(47)67-35-21-9-3-10-22-35)51(59-54)64-56-48-40(28-16-32-44(48)68-36-23-11-4-12-24-36)52(60-56)63-55-46-38(50(58-55)61-53)26-14-30-42(46)66-34-19-7-2-8-20-34/h1-32,57-64H. The van der Waals surface area contributed by atoms with Crippen LogP contribution in [0.2, 0.25) is 0 Å². The molecule has 0 atom stereocenters. The van der Waals surface area contributed by atoms with Crippen LogP contribution in [0.25, 0.3) is 43.1 Å². The molecule has 68 heavy (non-hydrogen) atoms. The Morgan fingerprint density at radius 3 is 0.647 bits per heavy atom. The maximum absolute atomic E-state index is 3.93. The summed E-state index contributed by atoms with van der Waals surface area (Å²) < 4.78 is 0. The van der Waals surface area contributed by atoms with Crippen molar-refractivity contribution in [1.82, 2.24) is 19.9 Å². The Bertz CT molecular complexity index is 3310. The highest BCUT2D eigenvalue weighted by atomic mass is 32.2. The number of rotatable bonds is 8. The van der Waals surface area contributed by atoms with Gasteiger partial charge in [-0.25, -0.2) is 0 Å². The molecule has 0 radical (unpaired) electrons. The summed E-state index contributed by atoms with van der Waals surface area (Å²) in [5.74, 6) is 6.93. The molecule has 8 aromatic carbocycles. The number of anilines is 8. The highest BCUT2D eigenvalue weighted by Crippen LogP contribution is 2.50. The average molecular weight is 953 g/mol. The molecule has 0 fully saturated rings. The van der Waals surface area contributed by atoms with Gasteiger partial charge in [0, 0.05) is 82.3 Å². The van der Waals surface area contributed by atoms with E-state index in [-0.39, 0.29) is 0 Å². The molecule has 1 aliphatic rings. The van der Waals surface area contributed by atoms with E-state index in [0.29, 0.717) is 0 Å². The maximum Gasteiger partial charge on any atom is 0.119 e. The van der Waals surface area contributed by atoms with Crippen LogP contribution in [0.15, 0.2) is 233 Å². The number of hydrogen-bond acceptors (Lipinski definition) is 8. The van der Waals surface area contributed by atoms with E-state index in [1.165, 1.54) is 0 Å². The molecule has 12 aromatic rings. The van der Waals surface area contributed by atoms with Gasteiger partial charge in [0.05, 0.1) is 0 Å². The Balaban J connectivity index is 1.06. The summed E-state index contributed by atoms with van der Waals surface area (Å²) in [5.41, 5.74) is 0. The molecule has 0 amide bonds. The molecule has 0 saturated carbocycles. The fourth-order valence-electron chi connectivity index (χ4n) is 9.08. The largest absolute Gasteiger partial charge is 0.327 e. The Labute approximate surface area is 408 Å². The van der Waals surface area contributed by atoms with E-state index in [2.05, 4.69) is 235 Å². The fourth-order valence-corrected chi connectivity index (χ4v) is 13.1. The highest BCUT2D eigenvalue weighted by molar-refractivity contribution is 8.00. The van der Waals surface area contributed by atoms with Gasteiger partial charge in [-0.3, -0.25) is 0 Å². The third-order valence-corrected chi connectivity index (χ3v) is 16.3. The molecule has 0 saturated heterocycles. The third-order valence-electron chi connectivity index (χ3n) is 12.1. The first kappa shape index (κ1) is 40.8. The minimum atomic E-state index is 0.864. The smallest absolute Gasteiger partial charge is 0.119 e. The summed E-state index contributed by atoms with van der Waals surface area (Å²) in [6.07, 6.45) is 0. The fraction of sp³-hybridized carbons (Fsp3) is 0. The Morgan fingerprint density at radius 1 is 0.206 bits per heavy atom. The molecular weight excluding hydrogens is 913 g/mol. The molecule has 8 N–H and O–H groups in total. The molecule has 328 valence electrons. The topological polar surface area (TPSA) is 111 Å². The second-order valence-corrected chi connectivity index (χ2v) is 20.8. The van der Waals surface area contributed by atoms with E-state index < -0.39 is 0 Å². The SMILES string of the molecule is c1ccc(Sc2cccc3c4[nH]c(c23)Nc2[nH]c(c3c(Sc5ccccc5)cccc23)Nc2[nH]c(c3c(Sc5ccccc5)cccc23)Nc2[nH]c(c3c(Sc5ccccc5)cccc23)N4)cc1. The molecule has 8 nitrogen and oxygen atoms in total. The molecule has 0 aliphatic carbocycles. The first-order valence-electron chi connectivity index (χ1n) is 22.3. The van der Waals surface area contributed by atoms with Crippen LogP contribution in [0.3, 0.4) is 0 Å². The number of H-pyrrole nitrogens is 4. The zero-order valence-electron chi connectivity index (χ0n) is 36.1. The molecule has 5 heterocycles. The first-order chi connectivity index (χ1) is 33.7. The number of nitrogens with one attached hydrogen (secondary N) is 8. The second kappa shape index (κ2) is 17.3. The molecule has 13 rings (SSSR count). The van der Waals surface area contributed by atoms with Crippen LogP contribution in [0, 0.1) is 0 Å². The predicted octanol–water partition coefficient (Wildman–Crippen LogP) is 17.5.